The van der Waals surface area contributed by atoms with Crippen LogP contribution in [0.15, 0.2) is 121 Å². The van der Waals surface area contributed by atoms with E-state index in [1.54, 1.807) is 0 Å². The van der Waals surface area contributed by atoms with E-state index >= 15 is 0 Å². The maximum atomic E-state index is 6.44. The largest absolute Gasteiger partial charge is 0.468 e. The van der Waals surface area contributed by atoms with E-state index < -0.39 is 0 Å². The lowest BCUT2D eigenvalue weighted by Crippen LogP contribution is -2.19. The zero-order valence-corrected chi connectivity index (χ0v) is 31.9. The first kappa shape index (κ1) is 37.5. The normalized spacial score (nSPS) is 15.1. The molecule has 0 bridgehead atoms. The monoisotopic (exact) mass is 754 g/mol. The molecule has 2 fully saturated rings. The summed E-state index contributed by atoms with van der Waals surface area (Å²) in [5.74, 6) is 4.17. The summed E-state index contributed by atoms with van der Waals surface area (Å²) < 4.78 is 48.5. The number of rotatable bonds is 17. The number of benzene rings is 6. The second kappa shape index (κ2) is 18.9. The zero-order valence-electron chi connectivity index (χ0n) is 31.9. The Kier molecular flexibility index (Phi) is 12.7. The molecule has 0 radical (unpaired) electrons. The number of ether oxygens (including phenoxy) is 8. The van der Waals surface area contributed by atoms with Crippen molar-refractivity contribution in [2.45, 2.75) is 76.4 Å². The van der Waals surface area contributed by atoms with E-state index in [1.807, 2.05) is 84.9 Å². The second-order valence-corrected chi connectivity index (χ2v) is 14.5. The Bertz CT molecular complexity index is 1980. The van der Waals surface area contributed by atoms with Crippen molar-refractivity contribution in [1.82, 2.24) is 0 Å². The van der Waals surface area contributed by atoms with E-state index in [0.717, 1.165) is 69.9 Å². The third-order valence-electron chi connectivity index (χ3n) is 10.7. The first-order chi connectivity index (χ1) is 27.8. The quantitative estimate of drug-likeness (QED) is 0.0852. The van der Waals surface area contributed by atoms with Crippen LogP contribution >= 0.6 is 0 Å². The standard InChI is InChI=1S/C48H50O8/c1-3-13-37(14-4-1)49-31-51-39-21-25-41(26-22-39)53-33-55-45-29-19-35-11-7-9-17-43(35)47(45)48-44-18-10-8-12-36(44)20-30-46(48)56-34-54-42-27-23-40(24-28-42)52-32-50-38-15-5-2-6-16-38/h7-12,17-30,37-38H,1-6,13-16,31-34H2. The van der Waals surface area contributed by atoms with Gasteiger partial charge in [0.15, 0.2) is 13.6 Å². The van der Waals surface area contributed by atoms with Gasteiger partial charge in [0.05, 0.1) is 12.2 Å². The summed E-state index contributed by atoms with van der Waals surface area (Å²) in [6.07, 6.45) is 12.6. The molecule has 0 amide bonds. The van der Waals surface area contributed by atoms with Gasteiger partial charge in [-0.25, -0.2) is 0 Å². The third kappa shape index (κ3) is 9.67. The van der Waals surface area contributed by atoms with Crippen LogP contribution in [0, 0.1) is 0 Å². The van der Waals surface area contributed by atoms with Crippen molar-refractivity contribution >= 4 is 21.5 Å². The van der Waals surface area contributed by atoms with E-state index in [-0.39, 0.29) is 27.2 Å². The maximum Gasteiger partial charge on any atom is 0.230 e. The highest BCUT2D eigenvalue weighted by atomic mass is 16.7. The van der Waals surface area contributed by atoms with Crippen LogP contribution in [-0.4, -0.2) is 39.4 Å². The van der Waals surface area contributed by atoms with Crippen LogP contribution in [0.2, 0.25) is 0 Å². The molecule has 56 heavy (non-hydrogen) atoms. The van der Waals surface area contributed by atoms with Crippen molar-refractivity contribution in [3.63, 3.8) is 0 Å². The molecule has 0 spiro atoms. The van der Waals surface area contributed by atoms with Crippen LogP contribution in [0.4, 0.5) is 0 Å². The molecule has 0 atom stereocenters. The first-order valence-corrected chi connectivity index (χ1v) is 20.0. The molecule has 6 aromatic rings. The molecule has 0 heterocycles. The minimum absolute atomic E-state index is 0.00676. The topological polar surface area (TPSA) is 73.8 Å². The first-order valence-electron chi connectivity index (χ1n) is 20.0. The molecule has 0 unspecified atom stereocenters. The molecule has 2 aliphatic rings. The zero-order chi connectivity index (χ0) is 37.8. The van der Waals surface area contributed by atoms with Crippen molar-refractivity contribution in [2.75, 3.05) is 27.2 Å². The van der Waals surface area contributed by atoms with Gasteiger partial charge in [-0.1, -0.05) is 99.2 Å². The Morgan fingerprint density at radius 2 is 0.696 bits per heavy atom. The highest BCUT2D eigenvalue weighted by Crippen LogP contribution is 2.45. The summed E-state index contributed by atoms with van der Waals surface area (Å²) in [6, 6.07) is 39.8. The average molecular weight is 755 g/mol. The molecule has 2 saturated carbocycles. The summed E-state index contributed by atoms with van der Waals surface area (Å²) >= 11 is 0. The van der Waals surface area contributed by atoms with Gasteiger partial charge in [-0.2, -0.15) is 0 Å². The van der Waals surface area contributed by atoms with E-state index in [9.17, 15) is 0 Å². The van der Waals surface area contributed by atoms with E-state index in [1.165, 1.54) is 38.5 Å². The Hall–Kier alpha value is -5.44. The lowest BCUT2D eigenvalue weighted by molar-refractivity contribution is -0.0499. The summed E-state index contributed by atoms with van der Waals surface area (Å²) in [5.41, 5.74) is 1.83. The molecule has 0 aliphatic heterocycles. The summed E-state index contributed by atoms with van der Waals surface area (Å²) in [4.78, 5) is 0. The van der Waals surface area contributed by atoms with Crippen LogP contribution in [0.5, 0.6) is 34.5 Å². The molecule has 0 saturated heterocycles. The summed E-state index contributed by atoms with van der Waals surface area (Å²) in [6.45, 7) is 0.521. The highest BCUT2D eigenvalue weighted by molar-refractivity contribution is 6.09. The van der Waals surface area contributed by atoms with E-state index in [0.29, 0.717) is 35.2 Å². The molecule has 0 aromatic heterocycles. The van der Waals surface area contributed by atoms with Gasteiger partial charge < -0.3 is 37.9 Å². The molecule has 6 aromatic carbocycles. The SMILES string of the molecule is c1ccc2c(-c3c(OCOc4ccc(OCOC5CCCCC5)cc4)ccc4ccccc34)c(OCOc3ccc(OCOC4CCCCC4)cc3)ccc2c1. The van der Waals surface area contributed by atoms with Gasteiger partial charge in [0.25, 0.3) is 0 Å². The van der Waals surface area contributed by atoms with Crippen LogP contribution < -0.4 is 28.4 Å². The van der Waals surface area contributed by atoms with Crippen LogP contribution in [0.1, 0.15) is 64.2 Å². The van der Waals surface area contributed by atoms with Crippen LogP contribution in [-0.2, 0) is 9.47 Å². The number of hydrogen-bond donors (Lipinski definition) is 0. The van der Waals surface area contributed by atoms with Gasteiger partial charge >= 0.3 is 0 Å². The molecular weight excluding hydrogens is 705 g/mol. The number of hydrogen-bond acceptors (Lipinski definition) is 8. The van der Waals surface area contributed by atoms with E-state index in [4.69, 9.17) is 37.9 Å². The number of fused-ring (bicyclic) bond motifs is 2. The fourth-order valence-electron chi connectivity index (χ4n) is 7.71. The van der Waals surface area contributed by atoms with Crippen molar-refractivity contribution in [1.29, 1.82) is 0 Å². The van der Waals surface area contributed by atoms with Crippen molar-refractivity contribution in [3.05, 3.63) is 121 Å². The third-order valence-corrected chi connectivity index (χ3v) is 10.7. The minimum Gasteiger partial charge on any atom is -0.468 e. The summed E-state index contributed by atoms with van der Waals surface area (Å²) in [5, 5.41) is 4.24. The minimum atomic E-state index is 0.00676. The Labute approximate surface area is 329 Å². The molecule has 8 rings (SSSR count). The molecule has 2 aliphatic carbocycles. The lowest BCUT2D eigenvalue weighted by atomic mass is 9.92. The van der Waals surface area contributed by atoms with Gasteiger partial charge in [-0.15, -0.1) is 0 Å². The Morgan fingerprint density at radius 1 is 0.339 bits per heavy atom. The predicted octanol–water partition coefficient (Wildman–Crippen LogP) is 11.9. The summed E-state index contributed by atoms with van der Waals surface area (Å²) in [7, 11) is 0. The van der Waals surface area contributed by atoms with Crippen molar-refractivity contribution in [3.8, 4) is 45.6 Å². The van der Waals surface area contributed by atoms with Gasteiger partial charge in [-0.3, -0.25) is 0 Å². The van der Waals surface area contributed by atoms with Gasteiger partial charge in [-0.05, 0) is 108 Å². The van der Waals surface area contributed by atoms with Gasteiger partial charge in [0.1, 0.15) is 34.5 Å². The molecule has 8 nitrogen and oxygen atoms in total. The molecule has 8 heteroatoms. The maximum absolute atomic E-state index is 6.44. The van der Waals surface area contributed by atoms with Gasteiger partial charge in [0, 0.05) is 11.1 Å². The predicted molar refractivity (Wildman–Crippen MR) is 219 cm³/mol. The molecule has 290 valence electrons. The fourth-order valence-corrected chi connectivity index (χ4v) is 7.71. The smallest absolute Gasteiger partial charge is 0.230 e. The van der Waals surface area contributed by atoms with Crippen LogP contribution in [0.25, 0.3) is 32.7 Å². The highest BCUT2D eigenvalue weighted by Gasteiger charge is 2.20. The average Bonchev–Trinajstić information content (AvgIpc) is 3.25. The fraction of sp³-hybridized carbons (Fsp3) is 0.333. The van der Waals surface area contributed by atoms with Crippen LogP contribution in [0.3, 0.4) is 0 Å². The molecular formula is C48H50O8. The van der Waals surface area contributed by atoms with E-state index in [2.05, 4.69) is 36.4 Å². The van der Waals surface area contributed by atoms with Gasteiger partial charge in [0.2, 0.25) is 13.6 Å². The Balaban J connectivity index is 0.947. The second-order valence-electron chi connectivity index (χ2n) is 14.5. The van der Waals surface area contributed by atoms with Crippen molar-refractivity contribution in [2.24, 2.45) is 0 Å². The Morgan fingerprint density at radius 3 is 1.09 bits per heavy atom. The van der Waals surface area contributed by atoms with Crippen molar-refractivity contribution < 1.29 is 37.9 Å². The lowest BCUT2D eigenvalue weighted by Gasteiger charge is -2.22. The molecule has 0 N–H and O–H groups in total.